The molecule has 2 nitrogen and oxygen atoms in total. The fourth-order valence-electron chi connectivity index (χ4n) is 3.18. The van der Waals surface area contributed by atoms with E-state index in [1.165, 1.54) is 57.8 Å². The molecule has 0 aromatic heterocycles. The molecule has 0 bridgehead atoms. The number of ether oxygens (including phenoxy) is 1. The minimum Gasteiger partial charge on any atom is -0.378 e. The van der Waals surface area contributed by atoms with E-state index in [9.17, 15) is 0 Å². The second-order valence-corrected chi connectivity index (χ2v) is 5.93. The molecule has 0 aliphatic heterocycles. The van der Waals surface area contributed by atoms with Crippen LogP contribution >= 0.6 is 0 Å². The second-order valence-electron chi connectivity index (χ2n) is 5.93. The van der Waals surface area contributed by atoms with Crippen molar-refractivity contribution in [3.8, 4) is 0 Å². The van der Waals surface area contributed by atoms with Gasteiger partial charge in [0.2, 0.25) is 0 Å². The zero-order chi connectivity index (χ0) is 13.2. The maximum atomic E-state index is 6.13. The van der Waals surface area contributed by atoms with Crippen molar-refractivity contribution in [1.82, 2.24) is 0 Å². The Kier molecular flexibility index (Phi) is 8.70. The molecule has 2 heteroatoms. The van der Waals surface area contributed by atoms with Crippen LogP contribution in [-0.4, -0.2) is 19.3 Å². The van der Waals surface area contributed by atoms with Crippen LogP contribution in [0.15, 0.2) is 0 Å². The molecule has 0 heterocycles. The average molecular weight is 255 g/mol. The van der Waals surface area contributed by atoms with Gasteiger partial charge in [-0.15, -0.1) is 0 Å². The van der Waals surface area contributed by atoms with Crippen LogP contribution < -0.4 is 5.73 Å². The summed E-state index contributed by atoms with van der Waals surface area (Å²) in [6.07, 6.45) is 12.2. The lowest BCUT2D eigenvalue weighted by Crippen LogP contribution is -2.36. The van der Waals surface area contributed by atoms with Gasteiger partial charge >= 0.3 is 0 Å². The van der Waals surface area contributed by atoms with Gasteiger partial charge in [0.05, 0.1) is 6.10 Å². The first kappa shape index (κ1) is 16.0. The molecular formula is C16H33NO. The molecule has 3 unspecified atom stereocenters. The van der Waals surface area contributed by atoms with E-state index >= 15 is 0 Å². The maximum absolute atomic E-state index is 6.13. The van der Waals surface area contributed by atoms with Gasteiger partial charge in [0.1, 0.15) is 0 Å². The Morgan fingerprint density at radius 1 is 1.06 bits per heavy atom. The first-order valence-corrected chi connectivity index (χ1v) is 8.13. The minimum absolute atomic E-state index is 0.446. The standard InChI is InChI=1S/C16H33NO/c1-3-5-6-7-11-18-16-12-14(8-4-2)9-10-15(16)13-17/h14-16H,3-13,17H2,1-2H3. The third-order valence-electron chi connectivity index (χ3n) is 4.37. The number of rotatable bonds is 9. The number of hydrogen-bond acceptors (Lipinski definition) is 2. The molecule has 3 atom stereocenters. The lowest BCUT2D eigenvalue weighted by atomic mass is 9.78. The summed E-state index contributed by atoms with van der Waals surface area (Å²) in [5, 5.41) is 0. The predicted octanol–water partition coefficient (Wildman–Crippen LogP) is 4.13. The van der Waals surface area contributed by atoms with Gasteiger partial charge in [-0.2, -0.15) is 0 Å². The summed E-state index contributed by atoms with van der Waals surface area (Å²) in [5.41, 5.74) is 5.88. The molecule has 108 valence electrons. The van der Waals surface area contributed by atoms with Gasteiger partial charge < -0.3 is 10.5 Å². The number of unbranched alkanes of at least 4 members (excludes halogenated alkanes) is 3. The molecule has 0 aromatic rings. The lowest BCUT2D eigenvalue weighted by molar-refractivity contribution is -0.0257. The normalized spacial score (nSPS) is 28.5. The highest BCUT2D eigenvalue weighted by molar-refractivity contribution is 4.81. The van der Waals surface area contributed by atoms with Crippen molar-refractivity contribution in [2.75, 3.05) is 13.2 Å². The molecule has 1 aliphatic carbocycles. The van der Waals surface area contributed by atoms with Crippen LogP contribution in [0.4, 0.5) is 0 Å². The zero-order valence-corrected chi connectivity index (χ0v) is 12.5. The highest BCUT2D eigenvalue weighted by Gasteiger charge is 2.29. The van der Waals surface area contributed by atoms with E-state index < -0.39 is 0 Å². The summed E-state index contributed by atoms with van der Waals surface area (Å²) >= 11 is 0. The Hall–Kier alpha value is -0.0800. The Balaban J connectivity index is 2.24. The Morgan fingerprint density at radius 2 is 1.89 bits per heavy atom. The SMILES string of the molecule is CCCCCCOC1CC(CCC)CCC1CN. The van der Waals surface area contributed by atoms with Gasteiger partial charge in [0.15, 0.2) is 0 Å². The summed E-state index contributed by atoms with van der Waals surface area (Å²) in [7, 11) is 0. The van der Waals surface area contributed by atoms with Crippen molar-refractivity contribution >= 4 is 0 Å². The highest BCUT2D eigenvalue weighted by Crippen LogP contribution is 2.33. The van der Waals surface area contributed by atoms with Crippen molar-refractivity contribution < 1.29 is 4.74 Å². The van der Waals surface area contributed by atoms with Gasteiger partial charge in [0.25, 0.3) is 0 Å². The van der Waals surface area contributed by atoms with Gasteiger partial charge in [-0.05, 0) is 44.1 Å². The van der Waals surface area contributed by atoms with Crippen LogP contribution in [0.1, 0.15) is 71.6 Å². The van der Waals surface area contributed by atoms with Gasteiger partial charge in [-0.1, -0.05) is 46.0 Å². The average Bonchev–Trinajstić information content (AvgIpc) is 2.39. The molecule has 1 aliphatic rings. The topological polar surface area (TPSA) is 35.2 Å². The molecule has 0 radical (unpaired) electrons. The number of nitrogens with two attached hydrogens (primary N) is 1. The molecule has 18 heavy (non-hydrogen) atoms. The highest BCUT2D eigenvalue weighted by atomic mass is 16.5. The Labute approximate surface area is 114 Å². The monoisotopic (exact) mass is 255 g/mol. The third kappa shape index (κ3) is 5.71. The maximum Gasteiger partial charge on any atom is 0.0617 e. The minimum atomic E-state index is 0.446. The van der Waals surface area contributed by atoms with E-state index in [4.69, 9.17) is 10.5 Å². The van der Waals surface area contributed by atoms with E-state index in [1.807, 2.05) is 0 Å². The fraction of sp³-hybridized carbons (Fsp3) is 1.00. The molecule has 0 aromatic carbocycles. The summed E-state index contributed by atoms with van der Waals surface area (Å²) in [6.45, 7) is 6.29. The van der Waals surface area contributed by atoms with Crippen LogP contribution in [0.5, 0.6) is 0 Å². The molecule has 1 rings (SSSR count). The molecule has 1 fully saturated rings. The van der Waals surface area contributed by atoms with Crippen LogP contribution in [0.25, 0.3) is 0 Å². The van der Waals surface area contributed by atoms with Crippen molar-refractivity contribution in [3.63, 3.8) is 0 Å². The van der Waals surface area contributed by atoms with E-state index in [-0.39, 0.29) is 0 Å². The summed E-state index contributed by atoms with van der Waals surface area (Å²) < 4.78 is 6.13. The first-order chi connectivity index (χ1) is 8.81. The van der Waals surface area contributed by atoms with Crippen molar-refractivity contribution in [3.05, 3.63) is 0 Å². The van der Waals surface area contributed by atoms with Gasteiger partial charge in [0, 0.05) is 6.61 Å². The lowest BCUT2D eigenvalue weighted by Gasteiger charge is -2.35. The van der Waals surface area contributed by atoms with Crippen LogP contribution in [0.2, 0.25) is 0 Å². The van der Waals surface area contributed by atoms with Gasteiger partial charge in [-0.3, -0.25) is 0 Å². The fourth-order valence-corrected chi connectivity index (χ4v) is 3.18. The van der Waals surface area contributed by atoms with E-state index in [0.717, 1.165) is 19.1 Å². The van der Waals surface area contributed by atoms with Crippen LogP contribution in [0.3, 0.4) is 0 Å². The third-order valence-corrected chi connectivity index (χ3v) is 4.37. The van der Waals surface area contributed by atoms with Crippen LogP contribution in [0, 0.1) is 11.8 Å². The summed E-state index contributed by atoms with van der Waals surface area (Å²) in [4.78, 5) is 0. The van der Waals surface area contributed by atoms with Crippen LogP contribution in [-0.2, 0) is 4.74 Å². The van der Waals surface area contributed by atoms with E-state index in [2.05, 4.69) is 13.8 Å². The zero-order valence-electron chi connectivity index (χ0n) is 12.5. The largest absolute Gasteiger partial charge is 0.378 e. The molecule has 1 saturated carbocycles. The quantitative estimate of drug-likeness (QED) is 0.629. The summed E-state index contributed by atoms with van der Waals surface area (Å²) in [5.74, 6) is 1.50. The predicted molar refractivity (Wildman–Crippen MR) is 78.7 cm³/mol. The van der Waals surface area contributed by atoms with Crippen molar-refractivity contribution in [2.45, 2.75) is 77.7 Å². The smallest absolute Gasteiger partial charge is 0.0617 e. The van der Waals surface area contributed by atoms with Crippen molar-refractivity contribution in [2.24, 2.45) is 17.6 Å². The Morgan fingerprint density at radius 3 is 2.56 bits per heavy atom. The Bertz CT molecular complexity index is 196. The van der Waals surface area contributed by atoms with Crippen molar-refractivity contribution in [1.29, 1.82) is 0 Å². The summed E-state index contributed by atoms with van der Waals surface area (Å²) in [6, 6.07) is 0. The van der Waals surface area contributed by atoms with E-state index in [1.54, 1.807) is 0 Å². The number of hydrogen-bond donors (Lipinski definition) is 1. The second kappa shape index (κ2) is 9.80. The molecular weight excluding hydrogens is 222 g/mol. The molecule has 0 amide bonds. The molecule has 2 N–H and O–H groups in total. The van der Waals surface area contributed by atoms with E-state index in [0.29, 0.717) is 12.0 Å². The van der Waals surface area contributed by atoms with Gasteiger partial charge in [-0.25, -0.2) is 0 Å². The molecule has 0 saturated heterocycles. The molecule has 0 spiro atoms. The first-order valence-electron chi connectivity index (χ1n) is 8.13.